The van der Waals surface area contributed by atoms with E-state index in [0.29, 0.717) is 11.0 Å². The molecular formula is C11H19NO4P+. The molecule has 1 aromatic carbocycles. The molecule has 1 atom stereocenters. The minimum absolute atomic E-state index is 0.481. The van der Waals surface area contributed by atoms with Crippen LogP contribution in [-0.2, 0) is 9.09 Å². The summed E-state index contributed by atoms with van der Waals surface area (Å²) in [6.07, 6.45) is -0.614. The normalized spacial score (nSPS) is 14.6. The van der Waals surface area contributed by atoms with E-state index in [9.17, 15) is 4.57 Å². The van der Waals surface area contributed by atoms with Crippen LogP contribution in [0.3, 0.4) is 0 Å². The average Bonchev–Trinajstić information content (AvgIpc) is 2.14. The molecule has 0 fully saturated rings. The Kier molecular flexibility index (Phi) is 4.47. The predicted octanol–water partition coefficient (Wildman–Crippen LogP) is 1.54. The maximum Gasteiger partial charge on any atom is 0.470 e. The molecule has 0 aliphatic heterocycles. The van der Waals surface area contributed by atoms with Crippen LogP contribution in [0.4, 0.5) is 0 Å². The van der Waals surface area contributed by atoms with Gasteiger partial charge in [-0.05, 0) is 5.56 Å². The van der Waals surface area contributed by atoms with Gasteiger partial charge in [-0.1, -0.05) is 30.3 Å². The summed E-state index contributed by atoms with van der Waals surface area (Å²) in [5.41, 5.74) is 0.767. The van der Waals surface area contributed by atoms with E-state index >= 15 is 0 Å². The average molecular weight is 260 g/mol. The van der Waals surface area contributed by atoms with Crippen LogP contribution in [0.25, 0.3) is 0 Å². The Morgan fingerprint density at radius 1 is 1.24 bits per heavy atom. The number of hydrogen-bond donors (Lipinski definition) is 2. The zero-order valence-corrected chi connectivity index (χ0v) is 11.2. The Balaban J connectivity index is 2.91. The van der Waals surface area contributed by atoms with Gasteiger partial charge >= 0.3 is 7.82 Å². The van der Waals surface area contributed by atoms with Crippen LogP contribution in [0, 0.1) is 0 Å². The highest BCUT2D eigenvalue weighted by Crippen LogP contribution is 2.42. The summed E-state index contributed by atoms with van der Waals surface area (Å²) >= 11 is 0. The minimum Gasteiger partial charge on any atom is -0.328 e. The van der Waals surface area contributed by atoms with E-state index in [4.69, 9.17) is 14.3 Å². The Morgan fingerprint density at radius 2 is 1.76 bits per heavy atom. The van der Waals surface area contributed by atoms with E-state index in [1.165, 1.54) is 0 Å². The molecule has 1 rings (SSSR count). The lowest BCUT2D eigenvalue weighted by atomic mass is 10.1. The number of hydrogen-bond acceptors (Lipinski definition) is 2. The fraction of sp³-hybridized carbons (Fsp3) is 0.455. The zero-order valence-electron chi connectivity index (χ0n) is 10.3. The molecule has 0 bridgehead atoms. The maximum absolute atomic E-state index is 11.0. The second-order valence-corrected chi connectivity index (χ2v) is 6.16. The Bertz CT molecular complexity index is 396. The molecular weight excluding hydrogens is 241 g/mol. The predicted molar refractivity (Wildman–Crippen MR) is 65.2 cm³/mol. The molecule has 0 aliphatic carbocycles. The minimum atomic E-state index is -4.48. The third kappa shape index (κ3) is 5.96. The van der Waals surface area contributed by atoms with Gasteiger partial charge in [0.2, 0.25) is 0 Å². The summed E-state index contributed by atoms with van der Waals surface area (Å²) in [6, 6.07) is 9.10. The topological polar surface area (TPSA) is 66.8 Å². The van der Waals surface area contributed by atoms with Crippen molar-refractivity contribution in [2.24, 2.45) is 0 Å². The van der Waals surface area contributed by atoms with Crippen molar-refractivity contribution in [1.29, 1.82) is 0 Å². The van der Waals surface area contributed by atoms with Crippen LogP contribution in [0.1, 0.15) is 11.7 Å². The zero-order chi connectivity index (χ0) is 13.1. The fourth-order valence-corrected chi connectivity index (χ4v) is 2.05. The van der Waals surface area contributed by atoms with Crippen molar-refractivity contribution in [2.75, 3.05) is 27.7 Å². The summed E-state index contributed by atoms with van der Waals surface area (Å²) in [5, 5.41) is 0. The molecule has 6 heteroatoms. The van der Waals surface area contributed by atoms with Gasteiger partial charge < -0.3 is 14.3 Å². The molecule has 2 N–H and O–H groups in total. The number of rotatable bonds is 5. The highest BCUT2D eigenvalue weighted by Gasteiger charge is 2.28. The largest absolute Gasteiger partial charge is 0.470 e. The number of phosphoric acid groups is 1. The van der Waals surface area contributed by atoms with Gasteiger partial charge in [0.15, 0.2) is 0 Å². The van der Waals surface area contributed by atoms with Crippen LogP contribution < -0.4 is 0 Å². The molecule has 0 saturated carbocycles. The lowest BCUT2D eigenvalue weighted by Gasteiger charge is -2.29. The smallest absolute Gasteiger partial charge is 0.328 e. The monoisotopic (exact) mass is 260 g/mol. The first-order chi connectivity index (χ1) is 7.67. The number of phosphoric ester groups is 1. The molecule has 1 aromatic rings. The van der Waals surface area contributed by atoms with Crippen molar-refractivity contribution in [2.45, 2.75) is 6.10 Å². The van der Waals surface area contributed by atoms with E-state index in [1.807, 2.05) is 39.3 Å². The van der Waals surface area contributed by atoms with Crippen LogP contribution in [0.15, 0.2) is 30.3 Å². The summed E-state index contributed by atoms with van der Waals surface area (Å²) in [7, 11) is 1.35. The van der Waals surface area contributed by atoms with Crippen molar-refractivity contribution in [3.05, 3.63) is 35.9 Å². The molecule has 0 spiro atoms. The SMILES string of the molecule is C[N+](C)(C)CC(OP(=O)(O)O)c1ccccc1. The number of quaternary nitrogens is 1. The van der Waals surface area contributed by atoms with Crippen molar-refractivity contribution >= 4 is 7.82 Å². The lowest BCUT2D eigenvalue weighted by Crippen LogP contribution is -2.38. The van der Waals surface area contributed by atoms with Gasteiger partial charge in [0, 0.05) is 0 Å². The van der Waals surface area contributed by atoms with Crippen LogP contribution in [0.5, 0.6) is 0 Å². The van der Waals surface area contributed by atoms with Gasteiger partial charge in [0.05, 0.1) is 21.1 Å². The van der Waals surface area contributed by atoms with E-state index in [-0.39, 0.29) is 0 Å². The van der Waals surface area contributed by atoms with Crippen LogP contribution in [-0.4, -0.2) is 42.0 Å². The molecule has 5 nitrogen and oxygen atoms in total. The summed E-state index contributed by atoms with van der Waals surface area (Å²) in [4.78, 5) is 17.9. The number of nitrogens with zero attached hydrogens (tertiary/aromatic N) is 1. The number of benzene rings is 1. The Hall–Kier alpha value is -0.710. The van der Waals surface area contributed by atoms with Gasteiger partial charge in [0.25, 0.3) is 0 Å². The summed E-state index contributed by atoms with van der Waals surface area (Å²) < 4.78 is 16.4. The van der Waals surface area contributed by atoms with Gasteiger partial charge in [0.1, 0.15) is 12.6 Å². The van der Waals surface area contributed by atoms with Gasteiger partial charge in [-0.25, -0.2) is 4.57 Å². The first-order valence-corrected chi connectivity index (χ1v) is 6.80. The van der Waals surface area contributed by atoms with E-state index < -0.39 is 13.9 Å². The molecule has 1 unspecified atom stereocenters. The lowest BCUT2D eigenvalue weighted by molar-refractivity contribution is -0.874. The molecule has 0 aromatic heterocycles. The molecule has 0 heterocycles. The highest BCUT2D eigenvalue weighted by atomic mass is 31.2. The second kappa shape index (κ2) is 5.29. The van der Waals surface area contributed by atoms with Gasteiger partial charge in [-0.3, -0.25) is 4.52 Å². The van der Waals surface area contributed by atoms with Gasteiger partial charge in [-0.15, -0.1) is 0 Å². The Morgan fingerprint density at radius 3 is 2.18 bits per heavy atom. The quantitative estimate of drug-likeness (QED) is 0.622. The van der Waals surface area contributed by atoms with Crippen molar-refractivity contribution in [3.8, 4) is 0 Å². The first kappa shape index (κ1) is 14.4. The molecule has 0 saturated heterocycles. The standard InChI is InChI=1S/C11H18NO4P/c1-12(2,3)9-11(16-17(13,14)15)10-7-5-4-6-8-10/h4-8,11H,9H2,1-3H3,(H-,13,14,15)/p+1. The Labute approximate surface area is 101 Å². The third-order valence-electron chi connectivity index (χ3n) is 2.15. The summed E-state index contributed by atoms with van der Waals surface area (Å²) in [6.45, 7) is 0.481. The van der Waals surface area contributed by atoms with Gasteiger partial charge in [-0.2, -0.15) is 0 Å². The number of likely N-dealkylation sites (N-methyl/N-ethyl adjacent to an activating group) is 1. The first-order valence-electron chi connectivity index (χ1n) is 5.27. The van der Waals surface area contributed by atoms with Crippen LogP contribution >= 0.6 is 7.82 Å². The molecule has 96 valence electrons. The maximum atomic E-state index is 11.0. The van der Waals surface area contributed by atoms with E-state index in [1.54, 1.807) is 12.1 Å². The van der Waals surface area contributed by atoms with Crippen LogP contribution in [0.2, 0.25) is 0 Å². The third-order valence-corrected chi connectivity index (χ3v) is 2.68. The molecule has 17 heavy (non-hydrogen) atoms. The summed E-state index contributed by atoms with van der Waals surface area (Å²) in [5.74, 6) is 0. The molecule has 0 radical (unpaired) electrons. The van der Waals surface area contributed by atoms with Crippen molar-refractivity contribution in [1.82, 2.24) is 0 Å². The highest BCUT2D eigenvalue weighted by molar-refractivity contribution is 7.46. The molecule has 0 amide bonds. The van der Waals surface area contributed by atoms with E-state index in [2.05, 4.69) is 0 Å². The fourth-order valence-electron chi connectivity index (χ4n) is 1.53. The second-order valence-electron chi connectivity index (χ2n) is 4.97. The van der Waals surface area contributed by atoms with Crippen molar-refractivity contribution in [3.63, 3.8) is 0 Å². The molecule has 0 aliphatic rings. The van der Waals surface area contributed by atoms with E-state index in [0.717, 1.165) is 5.56 Å². The van der Waals surface area contributed by atoms with Crippen molar-refractivity contribution < 1.29 is 23.4 Å².